The molecule has 6 aromatic rings. The van der Waals surface area contributed by atoms with Crippen molar-refractivity contribution in [1.29, 1.82) is 0 Å². The number of esters is 6. The zero-order valence-electron chi connectivity index (χ0n) is 36.4. The lowest BCUT2D eigenvalue weighted by Gasteiger charge is -2.06. The van der Waals surface area contributed by atoms with Crippen LogP contribution in [0.25, 0.3) is 0 Å². The summed E-state index contributed by atoms with van der Waals surface area (Å²) in [7, 11) is 6.11. The molecule has 6 rings (SSSR count). The highest BCUT2D eigenvalue weighted by atomic mass is 16.6. The van der Waals surface area contributed by atoms with Crippen LogP contribution in [0.15, 0.2) is 146 Å². The van der Waals surface area contributed by atoms with Crippen LogP contribution < -0.4 is 28.4 Å². The fourth-order valence-electron chi connectivity index (χ4n) is 5.22. The number of hydrogen-bond acceptors (Lipinski definition) is 15. The molecule has 0 radical (unpaired) electrons. The molecule has 0 aliphatic heterocycles. The molecule has 336 valence electrons. The van der Waals surface area contributed by atoms with Gasteiger partial charge in [-0.1, -0.05) is 0 Å². The van der Waals surface area contributed by atoms with E-state index in [1.165, 1.54) is 77.0 Å². The van der Waals surface area contributed by atoms with Gasteiger partial charge < -0.3 is 42.6 Å². The summed E-state index contributed by atoms with van der Waals surface area (Å²) in [6.07, 6.45) is 0. The average molecular weight is 887 g/mol. The first kappa shape index (κ1) is 49.2. The fraction of sp³-hybridized carbons (Fsp3) is 0.160. The van der Waals surface area contributed by atoms with Crippen molar-refractivity contribution in [1.82, 2.24) is 0 Å². The molecule has 15 heteroatoms. The van der Waals surface area contributed by atoms with Crippen molar-refractivity contribution < 1.29 is 71.4 Å². The van der Waals surface area contributed by atoms with Gasteiger partial charge in [0.05, 0.1) is 75.0 Å². The van der Waals surface area contributed by atoms with E-state index < -0.39 is 35.8 Å². The summed E-state index contributed by atoms with van der Waals surface area (Å²) in [4.78, 5) is 71.3. The third kappa shape index (κ3) is 15.4. The summed E-state index contributed by atoms with van der Waals surface area (Å²) in [6, 6.07) is 38.0. The molecule has 0 atom stereocenters. The van der Waals surface area contributed by atoms with Crippen LogP contribution in [0.3, 0.4) is 0 Å². The van der Waals surface area contributed by atoms with Gasteiger partial charge in [-0.2, -0.15) is 0 Å². The van der Waals surface area contributed by atoms with E-state index in [9.17, 15) is 28.8 Å². The molecule has 0 spiro atoms. The van der Waals surface area contributed by atoms with Crippen molar-refractivity contribution in [3.8, 4) is 34.5 Å². The van der Waals surface area contributed by atoms with E-state index in [0.29, 0.717) is 47.7 Å². The third-order valence-electron chi connectivity index (χ3n) is 8.66. The number of carbonyl (C=O) groups excluding carboxylic acids is 6. The van der Waals surface area contributed by atoms with Gasteiger partial charge in [-0.3, -0.25) is 0 Å². The summed E-state index contributed by atoms with van der Waals surface area (Å²) in [5.74, 6) is -0.460. The Morgan fingerprint density at radius 1 is 0.277 bits per heavy atom. The topological polar surface area (TPSA) is 185 Å². The average Bonchev–Trinajstić information content (AvgIpc) is 3.35. The quantitative estimate of drug-likeness (QED) is 0.0573. The molecule has 0 aliphatic carbocycles. The first-order valence-corrected chi connectivity index (χ1v) is 19.7. The first-order valence-electron chi connectivity index (χ1n) is 19.7. The van der Waals surface area contributed by atoms with Gasteiger partial charge in [0.2, 0.25) is 0 Å². The van der Waals surface area contributed by atoms with Crippen molar-refractivity contribution in [2.45, 2.75) is 13.8 Å². The van der Waals surface area contributed by atoms with Gasteiger partial charge in [0, 0.05) is 0 Å². The largest absolute Gasteiger partial charge is 0.497 e. The van der Waals surface area contributed by atoms with E-state index in [4.69, 9.17) is 42.6 Å². The van der Waals surface area contributed by atoms with Gasteiger partial charge in [0.15, 0.2) is 0 Å². The van der Waals surface area contributed by atoms with Crippen LogP contribution in [0, 0.1) is 0 Å². The molecule has 6 aromatic carbocycles. The van der Waals surface area contributed by atoms with Crippen LogP contribution in [-0.4, -0.2) is 77.5 Å². The lowest BCUT2D eigenvalue weighted by Crippen LogP contribution is -2.12. The maximum absolute atomic E-state index is 12.0. The van der Waals surface area contributed by atoms with Crippen LogP contribution in [0.4, 0.5) is 0 Å². The molecule has 0 heterocycles. The molecule has 0 unspecified atom stereocenters. The van der Waals surface area contributed by atoms with E-state index in [0.717, 1.165) is 0 Å². The standard InChI is InChI=1S/C18H18O5.2C16H14O5/c1-3-21-15-9-5-13(6-10-15)17(19)23-18(20)14-7-11-16(12-8-14)22-4-2;2*1-19-13-7-3-11(4-8-13)15(17)21-16(18)12-5-9-14(20-2)10-6-12/h5-12H,3-4H2,1-2H3;2*3-10H,1-2H3. The smallest absolute Gasteiger partial charge is 0.346 e. The van der Waals surface area contributed by atoms with Gasteiger partial charge in [0.1, 0.15) is 34.5 Å². The molecule has 0 N–H and O–H groups in total. The Labute approximate surface area is 375 Å². The minimum Gasteiger partial charge on any atom is -0.497 e. The molecule has 0 amide bonds. The van der Waals surface area contributed by atoms with Crippen LogP contribution >= 0.6 is 0 Å². The zero-order valence-corrected chi connectivity index (χ0v) is 36.4. The van der Waals surface area contributed by atoms with E-state index in [1.807, 2.05) is 13.8 Å². The maximum atomic E-state index is 12.0. The van der Waals surface area contributed by atoms with Crippen molar-refractivity contribution in [2.24, 2.45) is 0 Å². The third-order valence-corrected chi connectivity index (χ3v) is 8.66. The second kappa shape index (κ2) is 25.5. The molecule has 0 bridgehead atoms. The van der Waals surface area contributed by atoms with Gasteiger partial charge in [-0.05, 0) is 159 Å². The second-order valence-corrected chi connectivity index (χ2v) is 12.9. The summed E-state index contributed by atoms with van der Waals surface area (Å²) in [5.41, 5.74) is 1.67. The SMILES string of the molecule is CCOc1ccc(C(=O)OC(=O)c2ccc(OCC)cc2)cc1.COc1ccc(C(=O)OC(=O)c2ccc(OC)cc2)cc1.COc1ccc(C(=O)OC(=O)c2ccc(OC)cc2)cc1. The van der Waals surface area contributed by atoms with Crippen LogP contribution in [0.2, 0.25) is 0 Å². The van der Waals surface area contributed by atoms with Crippen molar-refractivity contribution >= 4 is 35.8 Å². The molecule has 0 aliphatic rings. The predicted molar refractivity (Wildman–Crippen MR) is 236 cm³/mol. The van der Waals surface area contributed by atoms with E-state index in [1.54, 1.807) is 97.1 Å². The molecule has 65 heavy (non-hydrogen) atoms. The second-order valence-electron chi connectivity index (χ2n) is 12.9. The highest BCUT2D eigenvalue weighted by Crippen LogP contribution is 2.19. The Kier molecular flexibility index (Phi) is 19.3. The predicted octanol–water partition coefficient (Wildman–Crippen LogP) is 8.88. The van der Waals surface area contributed by atoms with E-state index >= 15 is 0 Å². The van der Waals surface area contributed by atoms with Crippen molar-refractivity contribution in [3.05, 3.63) is 179 Å². The summed E-state index contributed by atoms with van der Waals surface area (Å²) < 4.78 is 45.0. The number of carbonyl (C=O) groups is 6. The molecule has 0 fully saturated rings. The van der Waals surface area contributed by atoms with Crippen molar-refractivity contribution in [3.63, 3.8) is 0 Å². The molecular weight excluding hydrogens is 841 g/mol. The fourth-order valence-corrected chi connectivity index (χ4v) is 5.22. The van der Waals surface area contributed by atoms with Crippen LogP contribution in [0.5, 0.6) is 34.5 Å². The minimum atomic E-state index is -0.710. The monoisotopic (exact) mass is 886 g/mol. The highest BCUT2D eigenvalue weighted by molar-refractivity contribution is 6.04. The maximum Gasteiger partial charge on any atom is 0.346 e. The first-order chi connectivity index (χ1) is 31.4. The van der Waals surface area contributed by atoms with Crippen LogP contribution in [0.1, 0.15) is 76.0 Å². The summed E-state index contributed by atoms with van der Waals surface area (Å²) in [6.45, 7) is 4.83. The highest BCUT2D eigenvalue weighted by Gasteiger charge is 2.18. The number of hydrogen-bond donors (Lipinski definition) is 0. The normalized spacial score (nSPS) is 9.88. The lowest BCUT2D eigenvalue weighted by atomic mass is 10.2. The Morgan fingerprint density at radius 2 is 0.431 bits per heavy atom. The number of ether oxygens (including phenoxy) is 9. The van der Waals surface area contributed by atoms with Gasteiger partial charge >= 0.3 is 35.8 Å². The number of methoxy groups -OCH3 is 4. The lowest BCUT2D eigenvalue weighted by molar-refractivity contribution is 0.0380. The summed E-state index contributed by atoms with van der Waals surface area (Å²) >= 11 is 0. The van der Waals surface area contributed by atoms with Crippen molar-refractivity contribution in [2.75, 3.05) is 41.7 Å². The minimum absolute atomic E-state index is 0.276. The zero-order chi connectivity index (χ0) is 47.1. The van der Waals surface area contributed by atoms with Gasteiger partial charge in [-0.15, -0.1) is 0 Å². The van der Waals surface area contributed by atoms with Gasteiger partial charge in [-0.25, -0.2) is 28.8 Å². The molecule has 0 aromatic heterocycles. The molecule has 0 saturated heterocycles. The Bertz CT molecular complexity index is 2190. The van der Waals surface area contributed by atoms with Gasteiger partial charge in [0.25, 0.3) is 0 Å². The molecular formula is C50H46O15. The number of rotatable bonds is 14. The van der Waals surface area contributed by atoms with E-state index in [2.05, 4.69) is 0 Å². The summed E-state index contributed by atoms with van der Waals surface area (Å²) in [5, 5.41) is 0. The Balaban J connectivity index is 0.000000214. The molecule has 15 nitrogen and oxygen atoms in total. The van der Waals surface area contributed by atoms with Crippen LogP contribution in [-0.2, 0) is 14.2 Å². The Hall–Kier alpha value is -8.46. The molecule has 0 saturated carbocycles. The van der Waals surface area contributed by atoms with E-state index in [-0.39, 0.29) is 33.4 Å². The Morgan fingerprint density at radius 3 is 0.569 bits per heavy atom. The number of benzene rings is 6.